The molecule has 29 heavy (non-hydrogen) atoms. The smallest absolute Gasteiger partial charge is 0.147 e. The average molecular weight is 471 g/mol. The highest BCUT2D eigenvalue weighted by Crippen LogP contribution is 2.61. The molecule has 5 rings (SSSR count). The summed E-state index contributed by atoms with van der Waals surface area (Å²) in [5, 5.41) is 4.23. The maximum atomic E-state index is 12.1. The maximum absolute atomic E-state index is 12.1. The van der Waals surface area contributed by atoms with Gasteiger partial charge in [0.05, 0.1) is 4.75 Å². The molecule has 0 radical (unpaired) electrons. The van der Waals surface area contributed by atoms with Crippen molar-refractivity contribution in [2.45, 2.75) is 18.6 Å². The van der Waals surface area contributed by atoms with Crippen molar-refractivity contribution < 1.29 is 4.79 Å². The Morgan fingerprint density at radius 2 is 1.45 bits per heavy atom. The minimum Gasteiger partial charge on any atom is -0.298 e. The van der Waals surface area contributed by atoms with Crippen LogP contribution >= 0.6 is 57.1 Å². The van der Waals surface area contributed by atoms with Gasteiger partial charge in [0.15, 0.2) is 0 Å². The van der Waals surface area contributed by atoms with Crippen molar-refractivity contribution in [3.05, 3.63) is 74.6 Å². The minimum absolute atomic E-state index is 0.126. The van der Waals surface area contributed by atoms with Crippen LogP contribution in [0.3, 0.4) is 0 Å². The molecule has 5 heterocycles. The van der Waals surface area contributed by atoms with Gasteiger partial charge in [-0.05, 0) is 54.1 Å². The molecule has 0 bridgehead atoms. The molecule has 0 amide bonds. The van der Waals surface area contributed by atoms with E-state index in [1.165, 1.54) is 29.3 Å². The Morgan fingerprint density at radius 1 is 0.828 bits per heavy atom. The fourth-order valence-corrected chi connectivity index (χ4v) is 9.31. The molecular formula is C23H18OS5. The molecule has 4 aromatic heterocycles. The van der Waals surface area contributed by atoms with E-state index in [-0.39, 0.29) is 10.7 Å². The third kappa shape index (κ3) is 3.31. The van der Waals surface area contributed by atoms with Gasteiger partial charge in [0.1, 0.15) is 6.29 Å². The molecule has 1 aliphatic rings. The summed E-state index contributed by atoms with van der Waals surface area (Å²) in [6.07, 6.45) is 1.08. The second-order valence-corrected chi connectivity index (χ2v) is 12.6. The van der Waals surface area contributed by atoms with Crippen LogP contribution in [0.4, 0.5) is 0 Å². The van der Waals surface area contributed by atoms with E-state index < -0.39 is 0 Å². The summed E-state index contributed by atoms with van der Waals surface area (Å²) in [7, 11) is 0. The summed E-state index contributed by atoms with van der Waals surface area (Å²) in [6, 6.07) is 17.3. The molecule has 0 spiro atoms. The third-order valence-electron chi connectivity index (χ3n) is 5.45. The van der Waals surface area contributed by atoms with E-state index in [2.05, 4.69) is 73.1 Å². The quantitative estimate of drug-likeness (QED) is 0.272. The topological polar surface area (TPSA) is 17.1 Å². The van der Waals surface area contributed by atoms with Gasteiger partial charge in [0, 0.05) is 45.7 Å². The molecule has 0 aliphatic carbocycles. The van der Waals surface area contributed by atoms with E-state index in [9.17, 15) is 4.79 Å². The Morgan fingerprint density at radius 3 is 2.07 bits per heavy atom. The summed E-state index contributed by atoms with van der Waals surface area (Å²) >= 11 is 9.03. The first-order chi connectivity index (χ1) is 14.1. The minimum atomic E-state index is -0.126. The highest BCUT2D eigenvalue weighted by atomic mass is 32.2. The predicted molar refractivity (Wildman–Crippen MR) is 132 cm³/mol. The number of thioether (sulfide) groups is 1. The van der Waals surface area contributed by atoms with Gasteiger partial charge in [0.2, 0.25) is 0 Å². The monoisotopic (exact) mass is 470 g/mol. The number of hydrogen-bond acceptors (Lipinski definition) is 6. The Bertz CT molecular complexity index is 1180. The van der Waals surface area contributed by atoms with Crippen LogP contribution in [-0.4, -0.2) is 6.29 Å². The van der Waals surface area contributed by atoms with Gasteiger partial charge in [-0.2, -0.15) is 0 Å². The van der Waals surface area contributed by atoms with Crippen LogP contribution in [0.1, 0.15) is 23.6 Å². The van der Waals surface area contributed by atoms with E-state index in [1.807, 2.05) is 23.1 Å². The maximum Gasteiger partial charge on any atom is 0.147 e. The number of allylic oxidation sites excluding steroid dienone is 1. The van der Waals surface area contributed by atoms with Crippen LogP contribution in [0.15, 0.2) is 64.9 Å². The van der Waals surface area contributed by atoms with Crippen LogP contribution in [-0.2, 0) is 9.54 Å². The number of thiophene rings is 4. The zero-order valence-corrected chi connectivity index (χ0v) is 20.0. The van der Waals surface area contributed by atoms with Gasteiger partial charge in [-0.25, -0.2) is 0 Å². The second-order valence-electron chi connectivity index (χ2n) is 7.12. The standard InChI is InChI=1S/C23H18OS5/c1-14-15(13-24)22(20-8-7-18(27-20)16-5-3-11-25-16)29-23(14,2)21-10-9-19(28-21)17-6-4-12-26-17/h3-14H,1-2H3. The lowest BCUT2D eigenvalue weighted by Gasteiger charge is -2.28. The normalized spacial score (nSPS) is 21.8. The number of aldehydes is 1. The molecule has 2 atom stereocenters. The van der Waals surface area contributed by atoms with Gasteiger partial charge in [-0.15, -0.1) is 57.1 Å². The molecule has 0 N–H and O–H groups in total. The molecular weight excluding hydrogens is 453 g/mol. The van der Waals surface area contributed by atoms with E-state index in [0.717, 1.165) is 16.8 Å². The zero-order valence-electron chi connectivity index (χ0n) is 15.9. The van der Waals surface area contributed by atoms with Gasteiger partial charge in [-0.3, -0.25) is 4.79 Å². The van der Waals surface area contributed by atoms with E-state index in [1.54, 1.807) is 34.0 Å². The van der Waals surface area contributed by atoms with E-state index in [4.69, 9.17) is 0 Å². The molecule has 146 valence electrons. The first-order valence-electron chi connectivity index (χ1n) is 9.27. The number of carbonyl (C=O) groups excluding carboxylic acids is 1. The van der Waals surface area contributed by atoms with E-state index >= 15 is 0 Å². The second kappa shape index (κ2) is 7.67. The SMILES string of the molecule is CC1C(C=O)=C(c2ccc(-c3cccs3)s2)SC1(C)c1ccc(-c2cccs2)s1. The molecule has 0 saturated carbocycles. The van der Waals surface area contributed by atoms with Crippen LogP contribution in [0.2, 0.25) is 0 Å². The van der Waals surface area contributed by atoms with Crippen LogP contribution in [0.25, 0.3) is 24.4 Å². The highest BCUT2D eigenvalue weighted by Gasteiger charge is 2.45. The predicted octanol–water partition coefficient (Wildman–Crippen LogP) is 8.47. The van der Waals surface area contributed by atoms with E-state index in [0.29, 0.717) is 0 Å². The van der Waals surface area contributed by atoms with Crippen molar-refractivity contribution in [3.8, 4) is 19.5 Å². The summed E-state index contributed by atoms with van der Waals surface area (Å²) in [5.41, 5.74) is 0.933. The lowest BCUT2D eigenvalue weighted by atomic mass is 9.87. The number of carbonyl (C=O) groups is 1. The molecule has 4 aromatic rings. The largest absolute Gasteiger partial charge is 0.298 e. The first kappa shape index (κ1) is 19.5. The molecule has 0 fully saturated rings. The lowest BCUT2D eigenvalue weighted by molar-refractivity contribution is -0.105. The summed E-state index contributed by atoms with van der Waals surface area (Å²) in [5.74, 6) is 0.169. The van der Waals surface area contributed by atoms with Crippen molar-refractivity contribution in [1.82, 2.24) is 0 Å². The van der Waals surface area contributed by atoms with Crippen LogP contribution in [0.5, 0.6) is 0 Å². The molecule has 2 unspecified atom stereocenters. The zero-order chi connectivity index (χ0) is 20.0. The molecule has 0 saturated heterocycles. The van der Waals surface area contributed by atoms with Gasteiger partial charge < -0.3 is 0 Å². The lowest BCUT2D eigenvalue weighted by Crippen LogP contribution is -2.22. The Labute approximate surface area is 190 Å². The highest BCUT2D eigenvalue weighted by molar-refractivity contribution is 8.09. The van der Waals surface area contributed by atoms with Crippen molar-refractivity contribution in [3.63, 3.8) is 0 Å². The fourth-order valence-electron chi connectivity index (χ4n) is 3.63. The summed E-state index contributed by atoms with van der Waals surface area (Å²) < 4.78 is -0.126. The van der Waals surface area contributed by atoms with Gasteiger partial charge in [0.25, 0.3) is 0 Å². The Hall–Kier alpha value is -1.44. The fraction of sp³-hybridized carbons (Fsp3) is 0.174. The third-order valence-corrected chi connectivity index (χ3v) is 11.9. The van der Waals surface area contributed by atoms with Crippen molar-refractivity contribution >= 4 is 68.3 Å². The summed E-state index contributed by atoms with van der Waals surface area (Å²) in [6.45, 7) is 4.48. The first-order valence-corrected chi connectivity index (χ1v) is 13.5. The molecule has 1 nitrogen and oxygen atoms in total. The average Bonchev–Trinajstić information content (AvgIpc) is 3.52. The van der Waals surface area contributed by atoms with Crippen molar-refractivity contribution in [2.24, 2.45) is 5.92 Å². The number of rotatable bonds is 5. The molecule has 0 aromatic carbocycles. The summed E-state index contributed by atoms with van der Waals surface area (Å²) in [4.78, 5) is 20.9. The van der Waals surface area contributed by atoms with Crippen molar-refractivity contribution in [1.29, 1.82) is 0 Å². The van der Waals surface area contributed by atoms with Gasteiger partial charge in [-0.1, -0.05) is 19.1 Å². The van der Waals surface area contributed by atoms with Crippen molar-refractivity contribution in [2.75, 3.05) is 0 Å². The Balaban J connectivity index is 1.50. The van der Waals surface area contributed by atoms with Crippen LogP contribution in [0, 0.1) is 5.92 Å². The number of hydrogen-bond donors (Lipinski definition) is 0. The van der Waals surface area contributed by atoms with Crippen LogP contribution < -0.4 is 0 Å². The Kier molecular flexibility index (Phi) is 5.16. The van der Waals surface area contributed by atoms with Gasteiger partial charge >= 0.3 is 0 Å². The molecule has 1 aliphatic heterocycles. The molecule has 6 heteroatoms.